The van der Waals surface area contributed by atoms with E-state index in [2.05, 4.69) is 12.2 Å². The number of unbranched alkanes of at least 4 members (excludes halogenated alkanes) is 1. The second-order valence-corrected chi connectivity index (χ2v) is 4.21. The largest absolute Gasteiger partial charge is 0.504 e. The molecule has 4 heteroatoms. The summed E-state index contributed by atoms with van der Waals surface area (Å²) < 4.78 is 11.3. The number of hydrogen-bond donors (Lipinski definition) is 2. The molecule has 1 aliphatic heterocycles. The maximum atomic E-state index is 9.57. The molecule has 0 aromatic heterocycles. The van der Waals surface area contributed by atoms with Crippen LogP contribution in [0.1, 0.15) is 19.8 Å². The van der Waals surface area contributed by atoms with Gasteiger partial charge in [0.25, 0.3) is 0 Å². The first-order valence-electron chi connectivity index (χ1n) is 6.13. The molecule has 2 N–H and O–H groups in total. The molecule has 1 unspecified atom stereocenters. The molecule has 1 aromatic rings. The van der Waals surface area contributed by atoms with Crippen molar-refractivity contribution in [3.8, 4) is 17.2 Å². The zero-order valence-corrected chi connectivity index (χ0v) is 10.1. The molecule has 0 amide bonds. The first kappa shape index (κ1) is 12.0. The van der Waals surface area contributed by atoms with Crippen molar-refractivity contribution >= 4 is 0 Å². The summed E-state index contributed by atoms with van der Waals surface area (Å²) in [6, 6.07) is 5.17. The average molecular weight is 237 g/mol. The number of rotatable bonds is 5. The summed E-state index contributed by atoms with van der Waals surface area (Å²) in [7, 11) is 0. The van der Waals surface area contributed by atoms with Gasteiger partial charge in [0.05, 0.1) is 0 Å². The van der Waals surface area contributed by atoms with Crippen molar-refractivity contribution in [3.63, 3.8) is 0 Å². The first-order chi connectivity index (χ1) is 8.31. The third-order valence-electron chi connectivity index (χ3n) is 2.74. The fourth-order valence-electron chi connectivity index (χ4n) is 1.80. The van der Waals surface area contributed by atoms with Crippen LogP contribution < -0.4 is 14.8 Å². The molecular formula is C13H19NO3. The molecule has 94 valence electrons. The van der Waals surface area contributed by atoms with Crippen LogP contribution in [-0.4, -0.2) is 30.9 Å². The molecule has 1 aliphatic rings. The Kier molecular flexibility index (Phi) is 4.09. The second-order valence-electron chi connectivity index (χ2n) is 4.21. The fourth-order valence-corrected chi connectivity index (χ4v) is 1.80. The molecule has 4 nitrogen and oxygen atoms in total. The van der Waals surface area contributed by atoms with Crippen molar-refractivity contribution in [2.45, 2.75) is 25.9 Å². The van der Waals surface area contributed by atoms with E-state index >= 15 is 0 Å². The Hall–Kier alpha value is -1.42. The summed E-state index contributed by atoms with van der Waals surface area (Å²) in [5, 5.41) is 12.9. The van der Waals surface area contributed by atoms with Crippen LogP contribution in [-0.2, 0) is 0 Å². The van der Waals surface area contributed by atoms with Gasteiger partial charge in [-0.25, -0.2) is 0 Å². The van der Waals surface area contributed by atoms with Crippen LogP contribution in [0.5, 0.6) is 17.2 Å². The molecule has 0 saturated carbocycles. The van der Waals surface area contributed by atoms with Crippen molar-refractivity contribution in [3.05, 3.63) is 18.2 Å². The van der Waals surface area contributed by atoms with Gasteiger partial charge in [-0.2, -0.15) is 0 Å². The molecule has 1 atom stereocenters. The summed E-state index contributed by atoms with van der Waals surface area (Å²) in [5.41, 5.74) is 0. The Balaban J connectivity index is 1.86. The highest BCUT2D eigenvalue weighted by atomic mass is 16.6. The summed E-state index contributed by atoms with van der Waals surface area (Å²) in [6.45, 7) is 4.42. The topological polar surface area (TPSA) is 50.7 Å². The van der Waals surface area contributed by atoms with E-state index in [0.29, 0.717) is 18.1 Å². The number of phenolic OH excluding ortho intramolecular Hbond substituents is 1. The van der Waals surface area contributed by atoms with Gasteiger partial charge in [-0.05, 0) is 25.1 Å². The number of fused-ring (bicyclic) bond motifs is 1. The minimum atomic E-state index is 0.0150. The zero-order chi connectivity index (χ0) is 12.1. The third kappa shape index (κ3) is 3.03. The molecule has 0 saturated heterocycles. The number of para-hydroxylation sites is 1. The highest BCUT2D eigenvalue weighted by molar-refractivity contribution is 5.51. The molecule has 2 rings (SSSR count). The van der Waals surface area contributed by atoms with E-state index in [0.717, 1.165) is 13.1 Å². The summed E-state index contributed by atoms with van der Waals surface area (Å²) >= 11 is 0. The molecule has 1 aromatic carbocycles. The van der Waals surface area contributed by atoms with Crippen molar-refractivity contribution in [1.82, 2.24) is 5.32 Å². The van der Waals surface area contributed by atoms with Gasteiger partial charge in [-0.3, -0.25) is 0 Å². The van der Waals surface area contributed by atoms with Crippen LogP contribution in [0.4, 0.5) is 0 Å². The van der Waals surface area contributed by atoms with Crippen LogP contribution >= 0.6 is 0 Å². The minimum absolute atomic E-state index is 0.0150. The van der Waals surface area contributed by atoms with Crippen LogP contribution in [0.15, 0.2) is 18.2 Å². The van der Waals surface area contributed by atoms with Gasteiger partial charge in [-0.1, -0.05) is 19.4 Å². The first-order valence-corrected chi connectivity index (χ1v) is 6.13. The van der Waals surface area contributed by atoms with E-state index in [4.69, 9.17) is 9.47 Å². The quantitative estimate of drug-likeness (QED) is 0.768. The van der Waals surface area contributed by atoms with E-state index in [1.807, 2.05) is 6.07 Å². The lowest BCUT2D eigenvalue weighted by Crippen LogP contribution is -2.38. The molecule has 0 fully saturated rings. The van der Waals surface area contributed by atoms with E-state index in [9.17, 15) is 5.11 Å². The van der Waals surface area contributed by atoms with Crippen LogP contribution in [0, 0.1) is 0 Å². The van der Waals surface area contributed by atoms with E-state index in [1.165, 1.54) is 12.8 Å². The number of hydrogen-bond acceptors (Lipinski definition) is 4. The molecule has 17 heavy (non-hydrogen) atoms. The highest BCUT2D eigenvalue weighted by Crippen LogP contribution is 2.38. The number of phenols is 1. The van der Waals surface area contributed by atoms with E-state index < -0.39 is 0 Å². The Morgan fingerprint density at radius 1 is 1.47 bits per heavy atom. The van der Waals surface area contributed by atoms with Gasteiger partial charge >= 0.3 is 0 Å². The normalized spacial score (nSPS) is 18.1. The van der Waals surface area contributed by atoms with Crippen LogP contribution in [0.2, 0.25) is 0 Å². The number of nitrogens with one attached hydrogen (secondary N) is 1. The summed E-state index contributed by atoms with van der Waals surface area (Å²) in [4.78, 5) is 0. The smallest absolute Gasteiger partial charge is 0.203 e. The predicted octanol–water partition coefficient (Wildman–Crippen LogP) is 1.92. The van der Waals surface area contributed by atoms with E-state index in [1.54, 1.807) is 12.1 Å². The molecule has 0 bridgehead atoms. The minimum Gasteiger partial charge on any atom is -0.504 e. The second kappa shape index (κ2) is 5.77. The summed E-state index contributed by atoms with van der Waals surface area (Å²) in [6.07, 6.45) is 2.37. The lowest BCUT2D eigenvalue weighted by atomic mass is 10.2. The van der Waals surface area contributed by atoms with Crippen LogP contribution in [0.3, 0.4) is 0 Å². The molecule has 1 heterocycles. The Morgan fingerprint density at radius 2 is 2.35 bits per heavy atom. The molecule has 0 aliphatic carbocycles. The maximum absolute atomic E-state index is 9.57. The molecular weight excluding hydrogens is 218 g/mol. The van der Waals surface area contributed by atoms with Crippen LogP contribution in [0.25, 0.3) is 0 Å². The number of aromatic hydroxyl groups is 1. The van der Waals surface area contributed by atoms with Gasteiger partial charge in [0.1, 0.15) is 12.7 Å². The third-order valence-corrected chi connectivity index (χ3v) is 2.74. The van der Waals surface area contributed by atoms with Crippen molar-refractivity contribution < 1.29 is 14.6 Å². The molecule has 0 radical (unpaired) electrons. The standard InChI is InChI=1S/C13H19NO3/c1-2-3-7-14-8-10-9-16-13-11(15)5-4-6-12(13)17-10/h4-6,10,14-15H,2-3,7-9H2,1H3. The average Bonchev–Trinajstić information content (AvgIpc) is 2.35. The van der Waals surface area contributed by atoms with Gasteiger partial charge in [0.2, 0.25) is 5.75 Å². The van der Waals surface area contributed by atoms with Crippen molar-refractivity contribution in [1.29, 1.82) is 0 Å². The van der Waals surface area contributed by atoms with Gasteiger partial charge in [0.15, 0.2) is 11.5 Å². The SMILES string of the molecule is CCCCNCC1COc2c(O)cccc2O1. The number of benzene rings is 1. The van der Waals surface area contributed by atoms with Gasteiger partial charge in [0, 0.05) is 6.54 Å². The predicted molar refractivity (Wildman–Crippen MR) is 65.8 cm³/mol. The Bertz CT molecular complexity index is 368. The number of ether oxygens (including phenoxy) is 2. The van der Waals surface area contributed by atoms with Crippen molar-refractivity contribution in [2.24, 2.45) is 0 Å². The lowest BCUT2D eigenvalue weighted by Gasteiger charge is -2.27. The molecule has 0 spiro atoms. The summed E-state index contributed by atoms with van der Waals surface area (Å²) in [5.74, 6) is 1.22. The fraction of sp³-hybridized carbons (Fsp3) is 0.538. The van der Waals surface area contributed by atoms with Gasteiger partial charge in [-0.15, -0.1) is 0 Å². The zero-order valence-electron chi connectivity index (χ0n) is 10.1. The lowest BCUT2D eigenvalue weighted by molar-refractivity contribution is 0.0875. The highest BCUT2D eigenvalue weighted by Gasteiger charge is 2.22. The maximum Gasteiger partial charge on any atom is 0.203 e. The van der Waals surface area contributed by atoms with Gasteiger partial charge < -0.3 is 19.9 Å². The van der Waals surface area contributed by atoms with E-state index in [-0.39, 0.29) is 11.9 Å². The Labute approximate surface area is 102 Å². The van der Waals surface area contributed by atoms with Crippen molar-refractivity contribution in [2.75, 3.05) is 19.7 Å². The monoisotopic (exact) mass is 237 g/mol. The Morgan fingerprint density at radius 3 is 3.18 bits per heavy atom.